The van der Waals surface area contributed by atoms with Crippen LogP contribution in [0.1, 0.15) is 0 Å². The molecular formula is CH3NPS+. The molecule has 0 aliphatic carbocycles. The van der Waals surface area contributed by atoms with Gasteiger partial charge in [0.05, 0.1) is 0 Å². The van der Waals surface area contributed by atoms with Crippen molar-refractivity contribution in [2.24, 2.45) is 4.74 Å². The quantitative estimate of drug-likeness (QED) is 0.409. The maximum atomic E-state index is 4.36. The second kappa shape index (κ2) is 3.45. The van der Waals surface area contributed by atoms with Crippen LogP contribution in [0.4, 0.5) is 0 Å². The van der Waals surface area contributed by atoms with Crippen LogP contribution in [-0.4, -0.2) is 7.05 Å². The second-order valence-corrected chi connectivity index (χ2v) is 1.33. The molecule has 0 radical (unpaired) electrons. The van der Waals surface area contributed by atoms with Crippen molar-refractivity contribution in [2.75, 3.05) is 7.05 Å². The first-order chi connectivity index (χ1) is 1.91. The Balaban J connectivity index is 3.11. The molecular weight excluding hydrogens is 89.1 g/mol. The first-order valence-electron chi connectivity index (χ1n) is 0.830. The molecule has 0 aromatic heterocycles. The Labute approximate surface area is 31.6 Å². The van der Waals surface area contributed by atoms with Crippen LogP contribution >= 0.6 is 7.15 Å². The Morgan fingerprint density at radius 3 is 2.25 bits per heavy atom. The van der Waals surface area contributed by atoms with E-state index in [4.69, 9.17) is 0 Å². The Kier molecular flexibility index (Phi) is 3.84. The number of hydrogen-bond acceptors (Lipinski definition) is 2. The molecule has 0 unspecified atom stereocenters. The monoisotopic (exact) mass is 92.0 g/mol. The summed E-state index contributed by atoms with van der Waals surface area (Å²) in [6, 6.07) is 0. The fourth-order valence-electron chi connectivity index (χ4n) is 0. The molecule has 0 bridgehead atoms. The average molecular weight is 92.1 g/mol. The summed E-state index contributed by atoms with van der Waals surface area (Å²) in [5.41, 5.74) is 0. The molecule has 0 saturated heterocycles. The predicted molar refractivity (Wildman–Crippen MR) is 22.6 cm³/mol. The van der Waals surface area contributed by atoms with Gasteiger partial charge in [0, 0.05) is 0 Å². The van der Waals surface area contributed by atoms with Crippen LogP contribution in [0.15, 0.2) is 4.74 Å². The molecule has 0 aliphatic rings. The summed E-state index contributed by atoms with van der Waals surface area (Å²) >= 11 is 4.36. The normalized spacial score (nSPS) is 5.25. The van der Waals surface area contributed by atoms with Crippen LogP contribution in [0.2, 0.25) is 0 Å². The van der Waals surface area contributed by atoms with Gasteiger partial charge in [-0.2, -0.15) is 0 Å². The maximum absolute atomic E-state index is 4.36. The van der Waals surface area contributed by atoms with E-state index in [1.54, 1.807) is 7.05 Å². The van der Waals surface area contributed by atoms with E-state index >= 15 is 0 Å². The summed E-state index contributed by atoms with van der Waals surface area (Å²) < 4.78 is 3.52. The molecule has 0 amide bonds. The minimum atomic E-state index is 0.707. The van der Waals surface area contributed by atoms with Crippen molar-refractivity contribution in [3.8, 4) is 0 Å². The fraction of sp³-hybridized carbons (Fsp3) is 1.00. The van der Waals surface area contributed by atoms with Gasteiger partial charge in [0.25, 0.3) is 0 Å². The Morgan fingerprint density at radius 2 is 2.25 bits per heavy atom. The summed E-state index contributed by atoms with van der Waals surface area (Å²) in [6.07, 6.45) is 0. The summed E-state index contributed by atoms with van der Waals surface area (Å²) in [5, 5.41) is 0. The molecule has 0 rings (SSSR count). The van der Waals surface area contributed by atoms with Crippen molar-refractivity contribution in [3.63, 3.8) is 0 Å². The molecule has 0 aromatic carbocycles. The zero-order valence-electron chi connectivity index (χ0n) is 2.30. The van der Waals surface area contributed by atoms with E-state index in [0.29, 0.717) is 7.15 Å². The molecule has 3 heteroatoms. The summed E-state index contributed by atoms with van der Waals surface area (Å²) in [7, 11) is 2.40. The SMILES string of the molecule is CN=[P+]=S. The van der Waals surface area contributed by atoms with Gasteiger partial charge in [-0.3, -0.25) is 0 Å². The van der Waals surface area contributed by atoms with Crippen LogP contribution in [-0.2, 0) is 11.8 Å². The summed E-state index contributed by atoms with van der Waals surface area (Å²) in [6.45, 7) is 0. The van der Waals surface area contributed by atoms with Crippen LogP contribution in [0.5, 0.6) is 0 Å². The van der Waals surface area contributed by atoms with Crippen LogP contribution in [0, 0.1) is 0 Å². The van der Waals surface area contributed by atoms with Crippen molar-refractivity contribution < 1.29 is 0 Å². The Hall–Kier alpha value is 0.450. The molecule has 22 valence electrons. The molecule has 0 spiro atoms. The van der Waals surface area contributed by atoms with Crippen molar-refractivity contribution in [1.29, 1.82) is 0 Å². The van der Waals surface area contributed by atoms with Crippen molar-refractivity contribution >= 4 is 19.0 Å². The van der Waals surface area contributed by atoms with Crippen molar-refractivity contribution in [2.45, 2.75) is 0 Å². The van der Waals surface area contributed by atoms with E-state index in [0.717, 1.165) is 0 Å². The van der Waals surface area contributed by atoms with Gasteiger partial charge >= 0.3 is 30.7 Å². The number of hydrogen-bond donors (Lipinski definition) is 0. The molecule has 0 aliphatic heterocycles. The van der Waals surface area contributed by atoms with E-state index in [-0.39, 0.29) is 0 Å². The summed E-state index contributed by atoms with van der Waals surface area (Å²) in [4.78, 5) is 0. The molecule has 0 aromatic rings. The van der Waals surface area contributed by atoms with Gasteiger partial charge in [-0.05, 0) is 0 Å². The van der Waals surface area contributed by atoms with Crippen molar-refractivity contribution in [1.82, 2.24) is 0 Å². The zero-order valence-corrected chi connectivity index (χ0v) is 4.01. The number of rotatable bonds is 0. The van der Waals surface area contributed by atoms with Gasteiger partial charge in [-0.1, -0.05) is 0 Å². The first kappa shape index (κ1) is 4.45. The third-order valence-electron chi connectivity index (χ3n) is 0.0816. The molecule has 4 heavy (non-hydrogen) atoms. The zero-order chi connectivity index (χ0) is 3.41. The number of nitrogens with zero attached hydrogens (tertiary/aromatic N) is 1. The first-order valence-corrected chi connectivity index (χ1v) is 2.69. The van der Waals surface area contributed by atoms with E-state index in [9.17, 15) is 0 Å². The molecule has 0 saturated carbocycles. The minimum absolute atomic E-state index is 0.707. The van der Waals surface area contributed by atoms with E-state index < -0.39 is 0 Å². The van der Waals surface area contributed by atoms with Crippen molar-refractivity contribution in [3.05, 3.63) is 0 Å². The molecule has 1 nitrogen and oxygen atoms in total. The van der Waals surface area contributed by atoms with Crippen LogP contribution in [0.25, 0.3) is 0 Å². The standard InChI is InChI=1S/CH3NPS/c1-2-3-4/h1H3/q+1. The van der Waals surface area contributed by atoms with E-state index in [1.807, 2.05) is 0 Å². The topological polar surface area (TPSA) is 12.4 Å². The molecule has 0 N–H and O–H groups in total. The van der Waals surface area contributed by atoms with Crippen LogP contribution in [0.3, 0.4) is 0 Å². The Morgan fingerprint density at radius 1 is 2.00 bits per heavy atom. The average Bonchev–Trinajstić information content (AvgIpc) is 1.37. The van der Waals surface area contributed by atoms with E-state index in [2.05, 4.69) is 16.6 Å². The van der Waals surface area contributed by atoms with Gasteiger partial charge in [0.15, 0.2) is 0 Å². The fourth-order valence-corrected chi connectivity index (χ4v) is 0. The molecule has 0 atom stereocenters. The molecule has 0 heterocycles. The predicted octanol–water partition coefficient (Wildman–Crippen LogP) is 1.21. The van der Waals surface area contributed by atoms with Gasteiger partial charge in [-0.25, -0.2) is 0 Å². The third kappa shape index (κ3) is 2.45. The van der Waals surface area contributed by atoms with Crippen LogP contribution < -0.4 is 0 Å². The third-order valence-corrected chi connectivity index (χ3v) is 0.735. The Bertz CT molecular complexity index is 46.0. The van der Waals surface area contributed by atoms with Gasteiger partial charge in [0.2, 0.25) is 0 Å². The second-order valence-electron chi connectivity index (χ2n) is 0.282. The van der Waals surface area contributed by atoms with E-state index in [1.165, 1.54) is 0 Å². The van der Waals surface area contributed by atoms with Gasteiger partial charge in [0.1, 0.15) is 0 Å². The van der Waals surface area contributed by atoms with Gasteiger partial charge < -0.3 is 0 Å². The van der Waals surface area contributed by atoms with Gasteiger partial charge in [-0.15, -0.1) is 0 Å². The molecule has 0 fully saturated rings. The summed E-state index contributed by atoms with van der Waals surface area (Å²) in [5.74, 6) is 0.